The third-order valence-corrected chi connectivity index (χ3v) is 4.20. The van der Waals surface area contributed by atoms with Gasteiger partial charge in [-0.25, -0.2) is 0 Å². The summed E-state index contributed by atoms with van der Waals surface area (Å²) in [6.07, 6.45) is 2.66. The lowest BCUT2D eigenvalue weighted by Crippen LogP contribution is -2.32. The maximum absolute atomic E-state index is 5.53. The van der Waals surface area contributed by atoms with Gasteiger partial charge in [-0.3, -0.25) is 4.90 Å². The smallest absolute Gasteiger partial charge is 0.123 e. The van der Waals surface area contributed by atoms with Crippen LogP contribution >= 0.6 is 0 Å². The minimum atomic E-state index is 0.876. The molecule has 3 nitrogen and oxygen atoms in total. The van der Waals surface area contributed by atoms with Crippen molar-refractivity contribution in [2.75, 3.05) is 26.7 Å². The van der Waals surface area contributed by atoms with E-state index >= 15 is 0 Å². The van der Waals surface area contributed by atoms with Crippen molar-refractivity contribution in [3.63, 3.8) is 0 Å². The van der Waals surface area contributed by atoms with Gasteiger partial charge in [-0.2, -0.15) is 0 Å². The molecule has 0 radical (unpaired) electrons. The fourth-order valence-corrected chi connectivity index (χ4v) is 2.77. The van der Waals surface area contributed by atoms with Crippen molar-refractivity contribution >= 4 is 0 Å². The number of hydrogen-bond acceptors (Lipinski definition) is 3. The van der Waals surface area contributed by atoms with Crippen molar-refractivity contribution < 1.29 is 4.74 Å². The van der Waals surface area contributed by atoms with E-state index in [1.807, 2.05) is 0 Å². The zero-order chi connectivity index (χ0) is 14.4. The number of benzene rings is 1. The van der Waals surface area contributed by atoms with E-state index < -0.39 is 0 Å². The van der Waals surface area contributed by atoms with Gasteiger partial charge >= 0.3 is 0 Å². The number of likely N-dealkylation sites (tertiary alicyclic amines) is 1. The van der Waals surface area contributed by atoms with Crippen molar-refractivity contribution in [1.29, 1.82) is 0 Å². The topological polar surface area (TPSA) is 24.5 Å². The average molecular weight is 276 g/mol. The maximum atomic E-state index is 5.53. The van der Waals surface area contributed by atoms with Crippen molar-refractivity contribution in [1.82, 2.24) is 10.2 Å². The van der Waals surface area contributed by atoms with Crippen LogP contribution < -0.4 is 10.1 Å². The Morgan fingerprint density at radius 2 is 2.05 bits per heavy atom. The Morgan fingerprint density at radius 3 is 2.70 bits per heavy atom. The van der Waals surface area contributed by atoms with Crippen LogP contribution in [-0.2, 0) is 13.1 Å². The molecule has 0 unspecified atom stereocenters. The second-order valence-electron chi connectivity index (χ2n) is 5.89. The molecule has 1 N–H and O–H groups in total. The molecule has 1 heterocycles. The highest BCUT2D eigenvalue weighted by Gasteiger charge is 2.16. The summed E-state index contributed by atoms with van der Waals surface area (Å²) in [5, 5.41) is 3.35. The van der Waals surface area contributed by atoms with Crippen LogP contribution in [0.3, 0.4) is 0 Å². The first-order chi connectivity index (χ1) is 9.72. The molecule has 1 aromatic rings. The Morgan fingerprint density at radius 1 is 1.30 bits per heavy atom. The van der Waals surface area contributed by atoms with Crippen molar-refractivity contribution in [3.05, 3.63) is 29.3 Å². The number of nitrogens with zero attached hydrogens (tertiary/aromatic N) is 1. The molecule has 1 fully saturated rings. The first-order valence-electron chi connectivity index (χ1n) is 7.81. The van der Waals surface area contributed by atoms with E-state index in [1.165, 1.54) is 37.1 Å². The summed E-state index contributed by atoms with van der Waals surface area (Å²) in [4.78, 5) is 2.55. The second kappa shape index (κ2) is 7.65. The number of hydrogen-bond donors (Lipinski definition) is 1. The monoisotopic (exact) mass is 276 g/mol. The number of ether oxygens (including phenoxy) is 1. The van der Waals surface area contributed by atoms with Gasteiger partial charge < -0.3 is 10.1 Å². The van der Waals surface area contributed by atoms with E-state index in [4.69, 9.17) is 4.74 Å². The molecule has 20 heavy (non-hydrogen) atoms. The first kappa shape index (κ1) is 15.3. The van der Waals surface area contributed by atoms with Crippen LogP contribution in [0.2, 0.25) is 0 Å². The van der Waals surface area contributed by atoms with Crippen molar-refractivity contribution in [2.24, 2.45) is 5.92 Å². The van der Waals surface area contributed by atoms with E-state index in [1.54, 1.807) is 7.11 Å². The molecule has 0 saturated carbocycles. The molecule has 1 saturated heterocycles. The highest BCUT2D eigenvalue weighted by Crippen LogP contribution is 2.23. The van der Waals surface area contributed by atoms with Gasteiger partial charge in [0.15, 0.2) is 0 Å². The van der Waals surface area contributed by atoms with E-state index in [-0.39, 0.29) is 0 Å². The highest BCUT2D eigenvalue weighted by molar-refractivity contribution is 5.37. The number of piperidine rings is 1. The Hall–Kier alpha value is -1.06. The largest absolute Gasteiger partial charge is 0.496 e. The van der Waals surface area contributed by atoms with Gasteiger partial charge in [0.2, 0.25) is 0 Å². The van der Waals surface area contributed by atoms with E-state index in [0.29, 0.717) is 0 Å². The Bertz CT molecular complexity index is 411. The molecule has 3 heteroatoms. The lowest BCUT2D eigenvalue weighted by molar-refractivity contribution is 0.185. The van der Waals surface area contributed by atoms with Crippen LogP contribution in [-0.4, -0.2) is 31.6 Å². The number of nitrogens with one attached hydrogen (secondary N) is 1. The lowest BCUT2D eigenvalue weighted by atomic mass is 9.98. The Balaban J connectivity index is 1.98. The quantitative estimate of drug-likeness (QED) is 0.864. The standard InChI is InChI=1S/C17H28N2O/c1-4-18-12-16-6-5-15(11-17(16)20-3)13-19-9-7-14(2)8-10-19/h5-6,11,14,18H,4,7-10,12-13H2,1-3H3. The van der Waals surface area contributed by atoms with Crippen LogP contribution in [0.5, 0.6) is 5.75 Å². The molecule has 1 aliphatic heterocycles. The molecule has 112 valence electrons. The zero-order valence-corrected chi connectivity index (χ0v) is 13.1. The van der Waals surface area contributed by atoms with Gasteiger partial charge in [0.1, 0.15) is 5.75 Å². The van der Waals surface area contributed by atoms with Crippen LogP contribution in [0.15, 0.2) is 18.2 Å². The summed E-state index contributed by atoms with van der Waals surface area (Å²) in [5.74, 6) is 1.90. The van der Waals surface area contributed by atoms with E-state index in [9.17, 15) is 0 Å². The number of rotatable bonds is 6. The lowest BCUT2D eigenvalue weighted by Gasteiger charge is -2.30. The predicted molar refractivity (Wildman–Crippen MR) is 84.0 cm³/mol. The molecule has 0 aliphatic carbocycles. The molecule has 0 amide bonds. The fraction of sp³-hybridized carbons (Fsp3) is 0.647. The summed E-state index contributed by atoms with van der Waals surface area (Å²) in [7, 11) is 1.76. The van der Waals surface area contributed by atoms with Gasteiger partial charge in [-0.15, -0.1) is 0 Å². The van der Waals surface area contributed by atoms with Crippen LogP contribution in [0, 0.1) is 5.92 Å². The number of methoxy groups -OCH3 is 1. The summed E-state index contributed by atoms with van der Waals surface area (Å²) in [5.41, 5.74) is 2.60. The third kappa shape index (κ3) is 4.22. The predicted octanol–water partition coefficient (Wildman–Crippen LogP) is 3.04. The first-order valence-corrected chi connectivity index (χ1v) is 7.81. The minimum Gasteiger partial charge on any atom is -0.496 e. The van der Waals surface area contributed by atoms with E-state index in [0.717, 1.165) is 31.3 Å². The van der Waals surface area contributed by atoms with Crippen molar-refractivity contribution in [2.45, 2.75) is 39.8 Å². The maximum Gasteiger partial charge on any atom is 0.123 e. The summed E-state index contributed by atoms with van der Waals surface area (Å²) in [6.45, 7) is 9.84. The second-order valence-corrected chi connectivity index (χ2v) is 5.89. The van der Waals surface area contributed by atoms with Gasteiger partial charge in [-0.05, 0) is 50.0 Å². The van der Waals surface area contributed by atoms with Gasteiger partial charge in [0, 0.05) is 18.7 Å². The van der Waals surface area contributed by atoms with Crippen LogP contribution in [0.4, 0.5) is 0 Å². The van der Waals surface area contributed by atoms with Gasteiger partial charge in [-0.1, -0.05) is 26.0 Å². The third-order valence-electron chi connectivity index (χ3n) is 4.20. The Kier molecular flexibility index (Phi) is 5.86. The molecule has 0 aromatic heterocycles. The van der Waals surface area contributed by atoms with E-state index in [2.05, 4.69) is 42.3 Å². The van der Waals surface area contributed by atoms with Gasteiger partial charge in [0.25, 0.3) is 0 Å². The normalized spacial score (nSPS) is 17.4. The molecular formula is C17H28N2O. The molecular weight excluding hydrogens is 248 g/mol. The SMILES string of the molecule is CCNCc1ccc(CN2CCC(C)CC2)cc1OC. The summed E-state index contributed by atoms with van der Waals surface area (Å²) < 4.78 is 5.53. The molecule has 0 bridgehead atoms. The average Bonchev–Trinajstić information content (AvgIpc) is 2.48. The van der Waals surface area contributed by atoms with Gasteiger partial charge in [0.05, 0.1) is 7.11 Å². The molecule has 1 aliphatic rings. The van der Waals surface area contributed by atoms with Crippen LogP contribution in [0.25, 0.3) is 0 Å². The minimum absolute atomic E-state index is 0.876. The summed E-state index contributed by atoms with van der Waals surface area (Å²) in [6, 6.07) is 6.64. The van der Waals surface area contributed by atoms with Crippen LogP contribution in [0.1, 0.15) is 37.8 Å². The molecule has 2 rings (SSSR count). The van der Waals surface area contributed by atoms with Crippen molar-refractivity contribution in [3.8, 4) is 5.75 Å². The fourth-order valence-electron chi connectivity index (χ4n) is 2.77. The Labute approximate surface area is 123 Å². The molecule has 0 spiro atoms. The summed E-state index contributed by atoms with van der Waals surface area (Å²) >= 11 is 0. The highest BCUT2D eigenvalue weighted by atomic mass is 16.5. The zero-order valence-electron chi connectivity index (χ0n) is 13.1. The molecule has 1 aromatic carbocycles. The molecule has 0 atom stereocenters.